The molecule has 3 aliphatic rings. The van der Waals surface area contributed by atoms with Gasteiger partial charge in [-0.2, -0.15) is 0 Å². The van der Waals surface area contributed by atoms with Crippen molar-refractivity contribution in [2.45, 2.75) is 96.9 Å². The second kappa shape index (κ2) is 10.2. The number of hydrogen-bond donors (Lipinski definition) is 3. The van der Waals surface area contributed by atoms with Crippen LogP contribution < -0.4 is 4.74 Å². The zero-order chi connectivity index (χ0) is 24.5. The predicted octanol–water partition coefficient (Wildman–Crippen LogP) is 5.90. The summed E-state index contributed by atoms with van der Waals surface area (Å²) < 4.78 is 6.23. The van der Waals surface area contributed by atoms with Gasteiger partial charge in [-0.1, -0.05) is 49.3 Å². The van der Waals surface area contributed by atoms with E-state index in [1.807, 2.05) is 24.3 Å². The second-order valence-corrected chi connectivity index (χ2v) is 12.0. The van der Waals surface area contributed by atoms with Crippen LogP contribution in [-0.2, 0) is 5.60 Å². The van der Waals surface area contributed by atoms with Crippen LogP contribution in [-0.4, -0.2) is 34.1 Å². The molecular weight excluding hydrogens is 424 g/mol. The minimum atomic E-state index is -0.870. The number of hydrogen-bond acceptors (Lipinski definition) is 4. The molecule has 0 radical (unpaired) electrons. The first-order valence-electron chi connectivity index (χ1n) is 13.3. The fourth-order valence-corrected chi connectivity index (χ4v) is 7.05. The first kappa shape index (κ1) is 25.5. The highest BCUT2D eigenvalue weighted by Gasteiger charge is 2.50. The number of ether oxygens (including phenoxy) is 1. The normalized spacial score (nSPS) is 34.1. The summed E-state index contributed by atoms with van der Waals surface area (Å²) in [6.07, 6.45) is 11.7. The molecule has 0 aromatic heterocycles. The monoisotopic (exact) mass is 468 g/mol. The van der Waals surface area contributed by atoms with Crippen LogP contribution in [0.2, 0.25) is 0 Å². The van der Waals surface area contributed by atoms with Crippen LogP contribution in [0.3, 0.4) is 0 Å². The molecule has 6 atom stereocenters. The summed E-state index contributed by atoms with van der Waals surface area (Å²) in [4.78, 5) is 0. The first-order chi connectivity index (χ1) is 16.1. The maximum atomic E-state index is 10.3. The Labute approximate surface area is 205 Å². The van der Waals surface area contributed by atoms with E-state index in [2.05, 4.69) is 26.0 Å². The van der Waals surface area contributed by atoms with E-state index >= 15 is 0 Å². The molecule has 4 nitrogen and oxygen atoms in total. The molecule has 0 saturated heterocycles. The number of aliphatic hydroxyl groups is 3. The molecule has 0 aliphatic heterocycles. The Morgan fingerprint density at radius 2 is 1.88 bits per heavy atom. The number of allylic oxidation sites excluding steroid dienone is 3. The van der Waals surface area contributed by atoms with Gasteiger partial charge < -0.3 is 20.1 Å². The summed E-state index contributed by atoms with van der Waals surface area (Å²) in [5.41, 5.74) is 3.04. The third-order valence-corrected chi connectivity index (χ3v) is 8.85. The van der Waals surface area contributed by atoms with Crippen LogP contribution in [0.5, 0.6) is 5.75 Å². The van der Waals surface area contributed by atoms with Gasteiger partial charge in [0.25, 0.3) is 0 Å². The standard InChI is InChI=1S/C30H44O4/c1-20(19-34-26-9-5-8-23(17-26)29(2,3)33)27-12-13-28-22(7-6-14-30(27,28)4)11-10-21-15-24(31)18-25(32)16-21/h5,8-11,17,20,24-25,27-28,31-33H,6-7,12-16,18-19H2,1-4H3/b22-11+/t20-,24+,25+,27+,28-,30+/m0/s1. The van der Waals surface area contributed by atoms with Crippen LogP contribution in [0.25, 0.3) is 0 Å². The average molecular weight is 469 g/mol. The van der Waals surface area contributed by atoms with Gasteiger partial charge in [0.2, 0.25) is 0 Å². The average Bonchev–Trinajstić information content (AvgIpc) is 3.12. The Kier molecular flexibility index (Phi) is 7.61. The molecule has 0 amide bonds. The third-order valence-electron chi connectivity index (χ3n) is 8.85. The third kappa shape index (κ3) is 5.61. The number of benzene rings is 1. The van der Waals surface area contributed by atoms with Gasteiger partial charge in [-0.05, 0) is 106 Å². The van der Waals surface area contributed by atoms with Gasteiger partial charge in [0.15, 0.2) is 0 Å². The van der Waals surface area contributed by atoms with Crippen LogP contribution in [0.4, 0.5) is 0 Å². The molecule has 188 valence electrons. The highest BCUT2D eigenvalue weighted by Crippen LogP contribution is 2.59. The van der Waals surface area contributed by atoms with Crippen LogP contribution in [0.15, 0.2) is 47.6 Å². The molecule has 4 heteroatoms. The van der Waals surface area contributed by atoms with Gasteiger partial charge in [0.1, 0.15) is 5.75 Å². The van der Waals surface area contributed by atoms with Gasteiger partial charge in [-0.3, -0.25) is 0 Å². The van der Waals surface area contributed by atoms with Crippen molar-refractivity contribution in [3.05, 3.63) is 53.1 Å². The fourth-order valence-electron chi connectivity index (χ4n) is 7.05. The lowest BCUT2D eigenvalue weighted by atomic mass is 9.61. The minimum absolute atomic E-state index is 0.298. The lowest BCUT2D eigenvalue weighted by molar-refractivity contribution is 0.0609. The Balaban J connectivity index is 1.42. The van der Waals surface area contributed by atoms with Crippen molar-refractivity contribution >= 4 is 0 Å². The largest absolute Gasteiger partial charge is 0.493 e. The van der Waals surface area contributed by atoms with Gasteiger partial charge in [0, 0.05) is 0 Å². The molecule has 1 aromatic carbocycles. The first-order valence-corrected chi connectivity index (χ1v) is 13.3. The molecular formula is C30H44O4. The molecule has 3 N–H and O–H groups in total. The zero-order valence-corrected chi connectivity index (χ0v) is 21.5. The van der Waals surface area contributed by atoms with E-state index in [0.29, 0.717) is 49.0 Å². The molecule has 4 rings (SSSR count). The number of fused-ring (bicyclic) bond motifs is 1. The Bertz CT molecular complexity index is 899. The highest BCUT2D eigenvalue weighted by atomic mass is 16.5. The summed E-state index contributed by atoms with van der Waals surface area (Å²) >= 11 is 0. The summed E-state index contributed by atoms with van der Waals surface area (Å²) in [6.45, 7) is 9.13. The van der Waals surface area contributed by atoms with Gasteiger partial charge in [0.05, 0.1) is 24.4 Å². The predicted molar refractivity (Wildman–Crippen MR) is 137 cm³/mol. The topological polar surface area (TPSA) is 69.9 Å². The van der Waals surface area contributed by atoms with Crippen LogP contribution >= 0.6 is 0 Å². The lowest BCUT2D eigenvalue weighted by Crippen LogP contribution is -2.37. The zero-order valence-electron chi connectivity index (χ0n) is 21.5. The van der Waals surface area contributed by atoms with E-state index in [4.69, 9.17) is 4.74 Å². The van der Waals surface area contributed by atoms with Crippen molar-refractivity contribution in [3.8, 4) is 5.75 Å². The second-order valence-electron chi connectivity index (χ2n) is 12.0. The van der Waals surface area contributed by atoms with E-state index in [1.54, 1.807) is 19.4 Å². The molecule has 3 aliphatic carbocycles. The van der Waals surface area contributed by atoms with Crippen molar-refractivity contribution in [2.24, 2.45) is 23.2 Å². The SMILES string of the molecule is C[C@@H](COc1cccc(C(C)(C)O)c1)[C@H]1CC[C@H]2/C(=C/C=C3C[C@@H](O)C[C@H](O)C3)CCC[C@]12C. The van der Waals surface area contributed by atoms with Crippen LogP contribution in [0, 0.1) is 23.2 Å². The van der Waals surface area contributed by atoms with Crippen molar-refractivity contribution in [3.63, 3.8) is 0 Å². The van der Waals surface area contributed by atoms with E-state index in [9.17, 15) is 15.3 Å². The van der Waals surface area contributed by atoms with Gasteiger partial charge >= 0.3 is 0 Å². The lowest BCUT2D eigenvalue weighted by Gasteiger charge is -2.44. The van der Waals surface area contributed by atoms with E-state index in [1.165, 1.54) is 31.3 Å². The molecule has 0 unspecified atom stereocenters. The molecule has 3 saturated carbocycles. The summed E-state index contributed by atoms with van der Waals surface area (Å²) in [7, 11) is 0. The molecule has 3 fully saturated rings. The molecule has 1 aromatic rings. The highest BCUT2D eigenvalue weighted by molar-refractivity contribution is 5.31. The summed E-state index contributed by atoms with van der Waals surface area (Å²) in [6, 6.07) is 7.84. The maximum absolute atomic E-state index is 10.3. The quantitative estimate of drug-likeness (QED) is 0.486. The Morgan fingerprint density at radius 1 is 1.15 bits per heavy atom. The van der Waals surface area contributed by atoms with E-state index in [-0.39, 0.29) is 0 Å². The molecule has 0 bridgehead atoms. The minimum Gasteiger partial charge on any atom is -0.493 e. The van der Waals surface area contributed by atoms with Crippen molar-refractivity contribution in [1.29, 1.82) is 0 Å². The van der Waals surface area contributed by atoms with E-state index < -0.39 is 17.8 Å². The summed E-state index contributed by atoms with van der Waals surface area (Å²) in [5.74, 6) is 2.54. The number of rotatable bonds is 6. The number of aliphatic hydroxyl groups excluding tert-OH is 2. The van der Waals surface area contributed by atoms with Gasteiger partial charge in [-0.15, -0.1) is 0 Å². The molecule has 34 heavy (non-hydrogen) atoms. The Hall–Kier alpha value is -1.62. The molecule has 0 heterocycles. The van der Waals surface area contributed by atoms with E-state index in [0.717, 1.165) is 17.7 Å². The summed E-state index contributed by atoms with van der Waals surface area (Å²) in [5, 5.41) is 30.3. The van der Waals surface area contributed by atoms with Crippen molar-refractivity contribution in [2.75, 3.05) is 6.61 Å². The smallest absolute Gasteiger partial charge is 0.119 e. The van der Waals surface area contributed by atoms with Crippen molar-refractivity contribution in [1.82, 2.24) is 0 Å². The maximum Gasteiger partial charge on any atom is 0.119 e. The van der Waals surface area contributed by atoms with Crippen molar-refractivity contribution < 1.29 is 20.1 Å². The molecule has 0 spiro atoms. The fraction of sp³-hybridized carbons (Fsp3) is 0.667. The van der Waals surface area contributed by atoms with Crippen LogP contribution in [0.1, 0.15) is 84.6 Å². The Morgan fingerprint density at radius 3 is 2.59 bits per heavy atom. The van der Waals surface area contributed by atoms with Gasteiger partial charge in [-0.25, -0.2) is 0 Å².